The molecule has 57 heavy (non-hydrogen) atoms. The fraction of sp³-hybridized carbons (Fsp3) is 0. The van der Waals surface area contributed by atoms with E-state index in [1.165, 1.54) is 99.0 Å². The molecule has 0 spiro atoms. The molecule has 0 aliphatic carbocycles. The minimum atomic E-state index is 1.13. The minimum absolute atomic E-state index is 1.13. The summed E-state index contributed by atoms with van der Waals surface area (Å²) in [5, 5.41) is 10.00. The molecule has 0 aliphatic heterocycles. The molecule has 0 radical (unpaired) electrons. The van der Waals surface area contributed by atoms with E-state index in [2.05, 4.69) is 229 Å². The van der Waals surface area contributed by atoms with Crippen molar-refractivity contribution >= 4 is 43.1 Å². The Balaban J connectivity index is 1.12. The Morgan fingerprint density at radius 2 is 0.649 bits per heavy atom. The van der Waals surface area contributed by atoms with Gasteiger partial charge in [0.25, 0.3) is 0 Å². The van der Waals surface area contributed by atoms with Crippen LogP contribution >= 0.6 is 0 Å². The van der Waals surface area contributed by atoms with Crippen LogP contribution in [0.15, 0.2) is 224 Å². The number of benzene rings is 10. The van der Waals surface area contributed by atoms with Crippen molar-refractivity contribution in [3.05, 3.63) is 224 Å². The van der Waals surface area contributed by atoms with Crippen LogP contribution in [0.25, 0.3) is 105 Å². The van der Waals surface area contributed by atoms with Crippen LogP contribution in [0.4, 0.5) is 0 Å². The van der Waals surface area contributed by atoms with E-state index in [0.717, 1.165) is 5.69 Å². The average molecular weight is 724 g/mol. The van der Waals surface area contributed by atoms with Gasteiger partial charge in [0.05, 0.1) is 11.4 Å². The van der Waals surface area contributed by atoms with Crippen LogP contribution in [0.2, 0.25) is 0 Å². The van der Waals surface area contributed by atoms with Gasteiger partial charge in [-0.25, -0.2) is 0 Å². The SMILES string of the molecule is c1ccc(-c2ccc(-c3ccccc3)n2-c2ccc(-c3ccc4c(-c5ccc6ccccc6c5)c5ccccc5c(-c5ccc6ccccc6c5)c4c3)cc2)cc1. The Hall–Kier alpha value is -7.48. The molecule has 0 aliphatic rings. The first-order chi connectivity index (χ1) is 28.3. The first-order valence-corrected chi connectivity index (χ1v) is 19.7. The lowest BCUT2D eigenvalue weighted by Gasteiger charge is -2.19. The summed E-state index contributed by atoms with van der Waals surface area (Å²) in [6.07, 6.45) is 0. The summed E-state index contributed by atoms with van der Waals surface area (Å²) in [6, 6.07) is 82.1. The topological polar surface area (TPSA) is 4.93 Å². The zero-order chi connectivity index (χ0) is 37.7. The number of rotatable bonds is 6. The number of fused-ring (bicyclic) bond motifs is 4. The van der Waals surface area contributed by atoms with Crippen molar-refractivity contribution in [1.82, 2.24) is 4.57 Å². The minimum Gasteiger partial charge on any atom is -0.309 e. The van der Waals surface area contributed by atoms with Gasteiger partial charge in [-0.05, 0) is 130 Å². The van der Waals surface area contributed by atoms with E-state index in [9.17, 15) is 0 Å². The summed E-state index contributed by atoms with van der Waals surface area (Å²) in [6.45, 7) is 0. The van der Waals surface area contributed by atoms with Gasteiger partial charge in [-0.15, -0.1) is 0 Å². The normalized spacial score (nSPS) is 11.5. The largest absolute Gasteiger partial charge is 0.309 e. The van der Waals surface area contributed by atoms with Gasteiger partial charge in [0.2, 0.25) is 0 Å². The lowest BCUT2D eigenvalue weighted by molar-refractivity contribution is 1.10. The third kappa shape index (κ3) is 5.72. The van der Waals surface area contributed by atoms with Gasteiger partial charge in [0.15, 0.2) is 0 Å². The molecule has 10 aromatic carbocycles. The second-order valence-corrected chi connectivity index (χ2v) is 14.9. The molecule has 0 bridgehead atoms. The Kier molecular flexibility index (Phi) is 7.89. The van der Waals surface area contributed by atoms with E-state index in [1.54, 1.807) is 0 Å². The highest BCUT2D eigenvalue weighted by Gasteiger charge is 2.19. The van der Waals surface area contributed by atoms with Crippen molar-refractivity contribution in [2.45, 2.75) is 0 Å². The molecule has 1 nitrogen and oxygen atoms in total. The molecule has 1 heterocycles. The van der Waals surface area contributed by atoms with Gasteiger partial charge >= 0.3 is 0 Å². The maximum atomic E-state index is 2.42. The maximum Gasteiger partial charge on any atom is 0.0535 e. The lowest BCUT2D eigenvalue weighted by atomic mass is 9.84. The lowest BCUT2D eigenvalue weighted by Crippen LogP contribution is -1.99. The first-order valence-electron chi connectivity index (χ1n) is 19.7. The zero-order valence-corrected chi connectivity index (χ0v) is 31.3. The van der Waals surface area contributed by atoms with Gasteiger partial charge in [0, 0.05) is 5.69 Å². The van der Waals surface area contributed by atoms with Crippen LogP contribution in [-0.2, 0) is 0 Å². The maximum absolute atomic E-state index is 2.42. The van der Waals surface area contributed by atoms with E-state index in [4.69, 9.17) is 0 Å². The summed E-state index contributed by atoms with van der Waals surface area (Å²) in [7, 11) is 0. The molecule has 0 saturated carbocycles. The van der Waals surface area contributed by atoms with Crippen LogP contribution in [-0.4, -0.2) is 4.57 Å². The first kappa shape index (κ1) is 32.9. The smallest absolute Gasteiger partial charge is 0.0535 e. The molecule has 11 rings (SSSR count). The highest BCUT2D eigenvalue weighted by molar-refractivity contribution is 6.22. The van der Waals surface area contributed by atoms with Crippen molar-refractivity contribution in [2.75, 3.05) is 0 Å². The molecule has 266 valence electrons. The van der Waals surface area contributed by atoms with E-state index in [1.807, 2.05) is 0 Å². The summed E-state index contributed by atoms with van der Waals surface area (Å²) >= 11 is 0. The Morgan fingerprint density at radius 1 is 0.228 bits per heavy atom. The molecular weight excluding hydrogens is 687 g/mol. The van der Waals surface area contributed by atoms with E-state index in [-0.39, 0.29) is 0 Å². The van der Waals surface area contributed by atoms with Gasteiger partial charge in [0.1, 0.15) is 0 Å². The standard InChI is InChI=1S/C56H37N/c1-3-15-41(16-4-1)53-33-34-54(42-17-5-2-6-18-42)57(53)48-30-27-40(28-31-48)45-29-32-51-52(37-45)56(47-26-24-39-14-8-10-20-44(39)36-47)50-22-12-11-21-49(50)55(51)46-25-23-38-13-7-9-19-43(38)35-46/h1-37H. The summed E-state index contributed by atoms with van der Waals surface area (Å²) in [5.74, 6) is 0. The summed E-state index contributed by atoms with van der Waals surface area (Å²) < 4.78 is 2.38. The van der Waals surface area contributed by atoms with Crippen LogP contribution in [0.3, 0.4) is 0 Å². The van der Waals surface area contributed by atoms with Crippen molar-refractivity contribution in [2.24, 2.45) is 0 Å². The highest BCUT2D eigenvalue weighted by Crippen LogP contribution is 2.46. The number of nitrogens with zero attached hydrogens (tertiary/aromatic N) is 1. The summed E-state index contributed by atoms with van der Waals surface area (Å²) in [5.41, 5.74) is 13.2. The van der Waals surface area contributed by atoms with Crippen molar-refractivity contribution in [3.63, 3.8) is 0 Å². The Morgan fingerprint density at radius 3 is 1.19 bits per heavy atom. The van der Waals surface area contributed by atoms with E-state index < -0.39 is 0 Å². The fourth-order valence-corrected chi connectivity index (χ4v) is 8.86. The van der Waals surface area contributed by atoms with Crippen LogP contribution in [0.5, 0.6) is 0 Å². The molecule has 0 atom stereocenters. The second-order valence-electron chi connectivity index (χ2n) is 14.9. The second kappa shape index (κ2) is 13.7. The predicted octanol–water partition coefficient (Wildman–Crippen LogP) is 15.4. The highest BCUT2D eigenvalue weighted by atomic mass is 15.0. The molecule has 0 unspecified atom stereocenters. The predicted molar refractivity (Wildman–Crippen MR) is 243 cm³/mol. The van der Waals surface area contributed by atoms with Gasteiger partial charge in [-0.3, -0.25) is 0 Å². The van der Waals surface area contributed by atoms with Crippen LogP contribution in [0.1, 0.15) is 0 Å². The molecule has 1 heteroatoms. The monoisotopic (exact) mass is 723 g/mol. The Bertz CT molecular complexity index is 3210. The van der Waals surface area contributed by atoms with Crippen molar-refractivity contribution in [1.29, 1.82) is 0 Å². The molecule has 1 aromatic heterocycles. The molecular formula is C56H37N. The third-order valence-electron chi connectivity index (χ3n) is 11.6. The van der Waals surface area contributed by atoms with Crippen molar-refractivity contribution in [3.8, 4) is 61.6 Å². The number of hydrogen-bond donors (Lipinski definition) is 0. The number of aromatic nitrogens is 1. The molecule has 0 saturated heterocycles. The quantitative estimate of drug-likeness (QED) is 0.151. The van der Waals surface area contributed by atoms with Gasteiger partial charge < -0.3 is 4.57 Å². The van der Waals surface area contributed by atoms with Crippen LogP contribution in [0, 0.1) is 0 Å². The average Bonchev–Trinajstić information content (AvgIpc) is 3.74. The van der Waals surface area contributed by atoms with Gasteiger partial charge in [-0.2, -0.15) is 0 Å². The van der Waals surface area contributed by atoms with Crippen LogP contribution < -0.4 is 0 Å². The molecule has 0 fully saturated rings. The van der Waals surface area contributed by atoms with E-state index >= 15 is 0 Å². The molecule has 0 N–H and O–H groups in total. The third-order valence-corrected chi connectivity index (χ3v) is 11.6. The van der Waals surface area contributed by atoms with E-state index in [0.29, 0.717) is 0 Å². The molecule has 0 amide bonds. The fourth-order valence-electron chi connectivity index (χ4n) is 8.86. The number of hydrogen-bond acceptors (Lipinski definition) is 0. The molecule has 11 aromatic rings. The summed E-state index contributed by atoms with van der Waals surface area (Å²) in [4.78, 5) is 0. The van der Waals surface area contributed by atoms with Crippen molar-refractivity contribution < 1.29 is 0 Å². The Labute approximate surface area is 332 Å². The van der Waals surface area contributed by atoms with Gasteiger partial charge in [-0.1, -0.05) is 182 Å². The zero-order valence-electron chi connectivity index (χ0n) is 31.3.